The summed E-state index contributed by atoms with van der Waals surface area (Å²) in [5, 5.41) is 13.1. The average Bonchev–Trinajstić information content (AvgIpc) is 2.62. The summed E-state index contributed by atoms with van der Waals surface area (Å²) in [5.41, 5.74) is 11.1. The number of fused-ring (bicyclic) bond motifs is 1. The Hall–Kier alpha value is -2.68. The molecule has 0 saturated heterocycles. The van der Waals surface area contributed by atoms with E-state index in [9.17, 15) is 9.59 Å². The van der Waals surface area contributed by atoms with Gasteiger partial charge >= 0.3 is 0 Å². The van der Waals surface area contributed by atoms with Gasteiger partial charge in [-0.1, -0.05) is 19.3 Å². The molecule has 3 rings (SSSR count). The molecule has 0 radical (unpaired) electrons. The van der Waals surface area contributed by atoms with Gasteiger partial charge in [0.2, 0.25) is 11.9 Å². The number of anilines is 2. The Balaban J connectivity index is 0.000000596. The first-order valence-corrected chi connectivity index (χ1v) is 9.22. The maximum absolute atomic E-state index is 12.2. The lowest BCUT2D eigenvalue weighted by Crippen LogP contribution is -2.25. The Bertz CT molecular complexity index is 826. The first kappa shape index (κ1) is 20.6. The molecule has 0 aliphatic heterocycles. The normalized spacial score (nSPS) is 14.4. The van der Waals surface area contributed by atoms with Gasteiger partial charge in [-0.2, -0.15) is 4.98 Å². The number of hydrogen-bond donors (Lipinski definition) is 4. The highest BCUT2D eigenvalue weighted by molar-refractivity contribution is 5.87. The van der Waals surface area contributed by atoms with Crippen molar-refractivity contribution in [1.29, 1.82) is 0 Å². The Kier molecular flexibility index (Phi) is 7.54. The predicted molar refractivity (Wildman–Crippen MR) is 105 cm³/mol. The van der Waals surface area contributed by atoms with Crippen LogP contribution in [0.2, 0.25) is 0 Å². The summed E-state index contributed by atoms with van der Waals surface area (Å²) in [7, 11) is 0. The number of aliphatic hydroxyl groups excluding tert-OH is 1. The number of primary amides is 1. The van der Waals surface area contributed by atoms with Gasteiger partial charge in [0, 0.05) is 44.1 Å². The van der Waals surface area contributed by atoms with Crippen molar-refractivity contribution in [2.24, 2.45) is 5.73 Å². The minimum absolute atomic E-state index is 0.0244. The van der Waals surface area contributed by atoms with E-state index in [1.54, 1.807) is 10.8 Å². The number of aromatic nitrogens is 3. The Morgan fingerprint density at radius 3 is 2.67 bits per heavy atom. The predicted octanol–water partition coefficient (Wildman–Crippen LogP) is 0.992. The molecule has 1 amide bonds. The van der Waals surface area contributed by atoms with Gasteiger partial charge in [0.15, 0.2) is 0 Å². The maximum Gasteiger partial charge on any atom is 0.254 e. The highest BCUT2D eigenvalue weighted by atomic mass is 16.3. The molecule has 1 aliphatic carbocycles. The molecule has 1 aliphatic rings. The zero-order chi connectivity index (χ0) is 19.8. The van der Waals surface area contributed by atoms with Crippen molar-refractivity contribution in [2.45, 2.75) is 58.0 Å². The van der Waals surface area contributed by atoms with Crippen LogP contribution in [-0.4, -0.2) is 38.2 Å². The lowest BCUT2D eigenvalue weighted by Gasteiger charge is -2.23. The minimum atomic E-state index is -0.333. The fourth-order valence-corrected chi connectivity index (χ4v) is 3.12. The third-order valence-electron chi connectivity index (χ3n) is 4.36. The largest absolute Gasteiger partial charge is 0.398 e. The lowest BCUT2D eigenvalue weighted by molar-refractivity contribution is -0.115. The number of hydrogen-bond acceptors (Lipinski definition) is 7. The molecule has 148 valence electrons. The van der Waals surface area contributed by atoms with Crippen LogP contribution in [0.3, 0.4) is 0 Å². The van der Waals surface area contributed by atoms with Gasteiger partial charge in [0.05, 0.1) is 5.39 Å². The summed E-state index contributed by atoms with van der Waals surface area (Å²) in [4.78, 5) is 30.3. The molecular weight excluding hydrogens is 348 g/mol. The molecule has 9 nitrogen and oxygen atoms in total. The van der Waals surface area contributed by atoms with Crippen LogP contribution in [0.25, 0.3) is 11.0 Å². The number of amides is 1. The SMILES string of the molecule is CC(N)=O.Nc1cc(=O)n(CCCO)c2nc(NC3CCCCC3)ncc12. The zero-order valence-electron chi connectivity index (χ0n) is 15.6. The van der Waals surface area contributed by atoms with E-state index in [0.717, 1.165) is 12.8 Å². The summed E-state index contributed by atoms with van der Waals surface area (Å²) < 4.78 is 1.55. The second-order valence-corrected chi connectivity index (χ2v) is 6.69. The minimum Gasteiger partial charge on any atom is -0.398 e. The molecule has 0 atom stereocenters. The lowest BCUT2D eigenvalue weighted by atomic mass is 9.96. The monoisotopic (exact) mass is 376 g/mol. The van der Waals surface area contributed by atoms with Crippen molar-refractivity contribution >= 4 is 28.6 Å². The van der Waals surface area contributed by atoms with Crippen LogP contribution < -0.4 is 22.3 Å². The number of rotatable bonds is 5. The summed E-state index contributed by atoms with van der Waals surface area (Å²) in [6.07, 6.45) is 8.13. The van der Waals surface area contributed by atoms with Gasteiger partial charge in [0.25, 0.3) is 5.56 Å². The van der Waals surface area contributed by atoms with Gasteiger partial charge < -0.3 is 21.9 Å². The topological polar surface area (TPSA) is 149 Å². The summed E-state index contributed by atoms with van der Waals surface area (Å²) in [5.74, 6) is 0.201. The Labute approximate surface area is 157 Å². The van der Waals surface area contributed by atoms with E-state index in [1.807, 2.05) is 0 Å². The second kappa shape index (κ2) is 9.86. The average molecular weight is 376 g/mol. The van der Waals surface area contributed by atoms with Crippen molar-refractivity contribution in [3.63, 3.8) is 0 Å². The summed E-state index contributed by atoms with van der Waals surface area (Å²) in [6.45, 7) is 1.74. The highest BCUT2D eigenvalue weighted by Crippen LogP contribution is 2.22. The fourth-order valence-electron chi connectivity index (χ4n) is 3.12. The number of carbonyl (C=O) groups is 1. The van der Waals surface area contributed by atoms with E-state index in [2.05, 4.69) is 21.0 Å². The number of carbonyl (C=O) groups excluding carboxylic acids is 1. The Morgan fingerprint density at radius 1 is 1.37 bits per heavy atom. The molecule has 2 aromatic rings. The van der Waals surface area contributed by atoms with Crippen molar-refractivity contribution in [3.8, 4) is 0 Å². The third kappa shape index (κ3) is 5.92. The number of pyridine rings is 1. The van der Waals surface area contributed by atoms with Gasteiger partial charge in [-0.05, 0) is 19.3 Å². The van der Waals surface area contributed by atoms with Crippen LogP contribution in [0.5, 0.6) is 0 Å². The molecule has 27 heavy (non-hydrogen) atoms. The number of nitrogens with zero attached hydrogens (tertiary/aromatic N) is 3. The molecule has 2 aromatic heterocycles. The maximum atomic E-state index is 12.2. The van der Waals surface area contributed by atoms with Gasteiger partial charge in [-0.15, -0.1) is 0 Å². The summed E-state index contributed by atoms with van der Waals surface area (Å²) in [6, 6.07) is 1.77. The molecule has 0 spiro atoms. The molecule has 2 heterocycles. The van der Waals surface area contributed by atoms with Gasteiger partial charge in [0.1, 0.15) is 5.65 Å². The van der Waals surface area contributed by atoms with Crippen LogP contribution in [0.15, 0.2) is 17.1 Å². The van der Waals surface area contributed by atoms with Gasteiger partial charge in [-0.25, -0.2) is 4.98 Å². The second-order valence-electron chi connectivity index (χ2n) is 6.69. The first-order valence-electron chi connectivity index (χ1n) is 9.22. The fraction of sp³-hybridized carbons (Fsp3) is 0.556. The Morgan fingerprint density at radius 2 is 2.04 bits per heavy atom. The van der Waals surface area contributed by atoms with Crippen LogP contribution in [0, 0.1) is 0 Å². The number of aliphatic hydroxyl groups is 1. The summed E-state index contributed by atoms with van der Waals surface area (Å²) >= 11 is 0. The number of aryl methyl sites for hydroxylation is 1. The molecule has 0 aromatic carbocycles. The van der Waals surface area contributed by atoms with Crippen molar-refractivity contribution in [2.75, 3.05) is 17.7 Å². The molecule has 9 heteroatoms. The van der Waals surface area contributed by atoms with Crippen LogP contribution >= 0.6 is 0 Å². The molecule has 0 unspecified atom stereocenters. The van der Waals surface area contributed by atoms with Crippen molar-refractivity contribution < 1.29 is 9.90 Å². The molecular formula is C18H28N6O3. The molecule has 1 fully saturated rings. The van der Waals surface area contributed by atoms with Crippen LogP contribution in [-0.2, 0) is 11.3 Å². The van der Waals surface area contributed by atoms with E-state index in [-0.39, 0.29) is 18.1 Å². The first-order chi connectivity index (χ1) is 12.9. The van der Waals surface area contributed by atoms with Crippen molar-refractivity contribution in [3.05, 3.63) is 22.6 Å². The van der Waals surface area contributed by atoms with Gasteiger partial charge in [-0.3, -0.25) is 14.2 Å². The van der Waals surface area contributed by atoms with Crippen molar-refractivity contribution in [1.82, 2.24) is 14.5 Å². The molecule has 0 bridgehead atoms. The van der Waals surface area contributed by atoms with E-state index in [1.165, 1.54) is 32.3 Å². The van der Waals surface area contributed by atoms with E-state index in [0.29, 0.717) is 41.7 Å². The smallest absolute Gasteiger partial charge is 0.254 e. The van der Waals surface area contributed by atoms with Crippen LogP contribution in [0.4, 0.5) is 11.6 Å². The molecule has 6 N–H and O–H groups in total. The van der Waals surface area contributed by atoms with Crippen LogP contribution in [0.1, 0.15) is 45.4 Å². The van der Waals surface area contributed by atoms with E-state index < -0.39 is 0 Å². The number of nitrogens with two attached hydrogens (primary N) is 2. The zero-order valence-corrected chi connectivity index (χ0v) is 15.6. The number of nitrogens with one attached hydrogen (secondary N) is 1. The molecule has 1 saturated carbocycles. The highest BCUT2D eigenvalue weighted by Gasteiger charge is 2.15. The van der Waals surface area contributed by atoms with E-state index in [4.69, 9.17) is 10.8 Å². The van der Waals surface area contributed by atoms with E-state index >= 15 is 0 Å². The third-order valence-corrected chi connectivity index (χ3v) is 4.36. The quantitative estimate of drug-likeness (QED) is 0.608. The standard InChI is InChI=1S/C16H23N5O2.C2H5NO/c17-13-9-14(23)21(7-4-8-22)15-12(13)10-18-16(20-15)19-11-5-2-1-3-6-11;1-2(3)4/h9-11,22H,1-8,17H2,(H,18,19,20);1H3,(H2,3,4). The number of nitrogen functional groups attached to an aromatic ring is 1.